The molecule has 1 fully saturated rings. The average Bonchev–Trinajstić information content (AvgIpc) is 2.88. The largest absolute Gasteiger partial charge is 0.468 e. The topological polar surface area (TPSA) is 56.8 Å². The van der Waals surface area contributed by atoms with Crippen LogP contribution in [0.1, 0.15) is 33.1 Å². The third-order valence-electron chi connectivity index (χ3n) is 3.47. The summed E-state index contributed by atoms with van der Waals surface area (Å²) in [6.45, 7) is 5.22. The van der Waals surface area contributed by atoms with E-state index in [0.29, 0.717) is 13.0 Å². The number of rotatable bonds is 7. The van der Waals surface area contributed by atoms with E-state index in [0.717, 1.165) is 19.4 Å². The zero-order chi connectivity index (χ0) is 13.6. The van der Waals surface area contributed by atoms with Crippen LogP contribution in [0.2, 0.25) is 0 Å². The van der Waals surface area contributed by atoms with Gasteiger partial charge in [-0.15, -0.1) is 0 Å². The average molecular weight is 259 g/mol. The highest BCUT2D eigenvalue weighted by atomic mass is 16.5. The van der Waals surface area contributed by atoms with Crippen molar-refractivity contribution in [3.8, 4) is 0 Å². The minimum atomic E-state index is -0.704. The van der Waals surface area contributed by atoms with Crippen molar-refractivity contribution in [2.45, 2.75) is 50.9 Å². The van der Waals surface area contributed by atoms with E-state index in [-0.39, 0.29) is 18.2 Å². The van der Waals surface area contributed by atoms with Crippen molar-refractivity contribution in [1.29, 1.82) is 0 Å². The molecular formula is C13H25NO4. The number of carbonyl (C=O) groups excluding carboxylic acids is 1. The summed E-state index contributed by atoms with van der Waals surface area (Å²) in [7, 11) is 3.15. The molecule has 0 bridgehead atoms. The van der Waals surface area contributed by atoms with Crippen LogP contribution in [0, 0.1) is 0 Å². The lowest BCUT2D eigenvalue weighted by Gasteiger charge is -2.29. The Labute approximate surface area is 109 Å². The van der Waals surface area contributed by atoms with Crippen LogP contribution in [0.4, 0.5) is 0 Å². The first-order chi connectivity index (χ1) is 8.51. The maximum absolute atomic E-state index is 11.7. The number of hydrogen-bond acceptors (Lipinski definition) is 5. The molecule has 3 atom stereocenters. The molecule has 0 aromatic carbocycles. The van der Waals surface area contributed by atoms with Crippen molar-refractivity contribution in [2.75, 3.05) is 27.4 Å². The number of methoxy groups -OCH3 is 1. The molecule has 18 heavy (non-hydrogen) atoms. The van der Waals surface area contributed by atoms with Gasteiger partial charge in [0.2, 0.25) is 0 Å². The normalized spacial score (nSPS) is 24.6. The number of esters is 1. The van der Waals surface area contributed by atoms with Crippen LogP contribution in [0.25, 0.3) is 0 Å². The lowest BCUT2D eigenvalue weighted by atomic mass is 9.95. The Morgan fingerprint density at radius 3 is 2.83 bits per heavy atom. The minimum absolute atomic E-state index is 0.0225. The molecule has 0 aliphatic carbocycles. The van der Waals surface area contributed by atoms with Crippen molar-refractivity contribution >= 4 is 5.97 Å². The molecule has 0 radical (unpaired) electrons. The van der Waals surface area contributed by atoms with E-state index in [1.807, 2.05) is 13.8 Å². The van der Waals surface area contributed by atoms with Crippen LogP contribution in [0.15, 0.2) is 0 Å². The first-order valence-electron chi connectivity index (χ1n) is 6.52. The second kappa shape index (κ2) is 7.07. The molecule has 1 aliphatic rings. The molecule has 3 unspecified atom stereocenters. The van der Waals surface area contributed by atoms with Gasteiger partial charge in [0.1, 0.15) is 5.54 Å². The van der Waals surface area contributed by atoms with Gasteiger partial charge in [0.15, 0.2) is 0 Å². The third-order valence-corrected chi connectivity index (χ3v) is 3.47. The first-order valence-corrected chi connectivity index (χ1v) is 6.52. The van der Waals surface area contributed by atoms with Gasteiger partial charge in [-0.05, 0) is 33.7 Å². The highest BCUT2D eigenvalue weighted by Gasteiger charge is 2.34. The van der Waals surface area contributed by atoms with Crippen LogP contribution in [-0.2, 0) is 19.0 Å². The van der Waals surface area contributed by atoms with E-state index in [1.54, 1.807) is 7.05 Å². The molecule has 1 saturated heterocycles. The van der Waals surface area contributed by atoms with E-state index in [4.69, 9.17) is 14.2 Å². The Bertz CT molecular complexity index is 266. The fourth-order valence-electron chi connectivity index (χ4n) is 2.19. The number of carbonyl (C=O) groups is 1. The van der Waals surface area contributed by atoms with Crippen molar-refractivity contribution in [3.63, 3.8) is 0 Å². The summed E-state index contributed by atoms with van der Waals surface area (Å²) in [6.07, 6.45) is 2.94. The number of nitrogens with one attached hydrogen (secondary N) is 1. The molecular weight excluding hydrogens is 234 g/mol. The Kier molecular flexibility index (Phi) is 6.05. The number of likely N-dealkylation sites (N-methyl/N-ethyl adjacent to an activating group) is 1. The minimum Gasteiger partial charge on any atom is -0.468 e. The van der Waals surface area contributed by atoms with Gasteiger partial charge in [0.05, 0.1) is 25.9 Å². The molecule has 5 heteroatoms. The van der Waals surface area contributed by atoms with Gasteiger partial charge in [0.25, 0.3) is 0 Å². The molecule has 1 rings (SSSR count). The zero-order valence-electron chi connectivity index (χ0n) is 11.8. The van der Waals surface area contributed by atoms with Crippen molar-refractivity contribution in [3.05, 3.63) is 0 Å². The van der Waals surface area contributed by atoms with E-state index in [2.05, 4.69) is 5.32 Å². The van der Waals surface area contributed by atoms with Gasteiger partial charge in [-0.3, -0.25) is 4.79 Å². The predicted octanol–water partition coefficient (Wildman–Crippen LogP) is 1.11. The molecule has 106 valence electrons. The summed E-state index contributed by atoms with van der Waals surface area (Å²) in [6, 6.07) is 0. The zero-order valence-corrected chi connectivity index (χ0v) is 11.8. The molecule has 1 aliphatic heterocycles. The molecule has 0 aromatic rings. The van der Waals surface area contributed by atoms with Crippen LogP contribution < -0.4 is 5.32 Å². The van der Waals surface area contributed by atoms with Crippen LogP contribution in [0.5, 0.6) is 0 Å². The maximum atomic E-state index is 11.7. The van der Waals surface area contributed by atoms with E-state index in [1.165, 1.54) is 7.11 Å². The molecule has 0 spiro atoms. The first kappa shape index (κ1) is 15.4. The summed E-state index contributed by atoms with van der Waals surface area (Å²) < 4.78 is 16.0. The summed E-state index contributed by atoms with van der Waals surface area (Å²) in [5.41, 5.74) is -0.704. The van der Waals surface area contributed by atoms with Crippen molar-refractivity contribution in [1.82, 2.24) is 5.32 Å². The summed E-state index contributed by atoms with van der Waals surface area (Å²) in [5, 5.41) is 3.00. The van der Waals surface area contributed by atoms with Gasteiger partial charge in [-0.2, -0.15) is 0 Å². The lowest BCUT2D eigenvalue weighted by molar-refractivity contribution is -0.149. The SMILES string of the molecule is CNC(C)(CC(C)OCC1CCCO1)C(=O)OC. The lowest BCUT2D eigenvalue weighted by Crippen LogP contribution is -2.50. The predicted molar refractivity (Wildman–Crippen MR) is 68.5 cm³/mol. The standard InChI is InChI=1S/C13H25NO4/c1-10(18-9-11-6-5-7-17-11)8-13(2,14-3)12(15)16-4/h10-11,14H,5-9H2,1-4H3. The Balaban J connectivity index is 2.36. The van der Waals surface area contributed by atoms with Crippen molar-refractivity contribution < 1.29 is 19.0 Å². The maximum Gasteiger partial charge on any atom is 0.325 e. The summed E-state index contributed by atoms with van der Waals surface area (Å²) in [5.74, 6) is -0.266. The quantitative estimate of drug-likeness (QED) is 0.694. The van der Waals surface area contributed by atoms with Crippen molar-refractivity contribution in [2.24, 2.45) is 0 Å². The molecule has 0 aromatic heterocycles. The fourth-order valence-corrected chi connectivity index (χ4v) is 2.19. The van der Waals surface area contributed by atoms with E-state index >= 15 is 0 Å². The molecule has 5 nitrogen and oxygen atoms in total. The Morgan fingerprint density at radius 1 is 1.61 bits per heavy atom. The summed E-state index contributed by atoms with van der Waals surface area (Å²) in [4.78, 5) is 11.7. The second-order valence-electron chi connectivity index (χ2n) is 5.06. The fraction of sp³-hybridized carbons (Fsp3) is 0.923. The Hall–Kier alpha value is -0.650. The van der Waals surface area contributed by atoms with Gasteiger partial charge < -0.3 is 19.5 Å². The van der Waals surface area contributed by atoms with Gasteiger partial charge in [-0.1, -0.05) is 0 Å². The number of hydrogen-bond donors (Lipinski definition) is 1. The van der Waals surface area contributed by atoms with Gasteiger partial charge in [-0.25, -0.2) is 0 Å². The van der Waals surface area contributed by atoms with E-state index in [9.17, 15) is 4.79 Å². The van der Waals surface area contributed by atoms with Crippen LogP contribution >= 0.6 is 0 Å². The Morgan fingerprint density at radius 2 is 2.33 bits per heavy atom. The highest BCUT2D eigenvalue weighted by Crippen LogP contribution is 2.18. The molecule has 0 saturated carbocycles. The monoisotopic (exact) mass is 259 g/mol. The second-order valence-corrected chi connectivity index (χ2v) is 5.06. The molecule has 0 amide bonds. The number of ether oxygens (including phenoxy) is 3. The smallest absolute Gasteiger partial charge is 0.325 e. The van der Waals surface area contributed by atoms with Gasteiger partial charge in [0, 0.05) is 13.0 Å². The van der Waals surface area contributed by atoms with Gasteiger partial charge >= 0.3 is 5.97 Å². The summed E-state index contributed by atoms with van der Waals surface area (Å²) >= 11 is 0. The van der Waals surface area contributed by atoms with Crippen LogP contribution in [-0.4, -0.2) is 51.1 Å². The highest BCUT2D eigenvalue weighted by molar-refractivity contribution is 5.80. The third kappa shape index (κ3) is 4.23. The van der Waals surface area contributed by atoms with Crippen LogP contribution in [0.3, 0.4) is 0 Å². The molecule has 1 N–H and O–H groups in total. The molecule has 1 heterocycles. The van der Waals surface area contributed by atoms with E-state index < -0.39 is 5.54 Å².